The Morgan fingerprint density at radius 1 is 0.733 bits per heavy atom. The summed E-state index contributed by atoms with van der Waals surface area (Å²) < 4.78 is 5.57. The molecule has 0 N–H and O–H groups in total. The van der Waals surface area contributed by atoms with Crippen molar-refractivity contribution in [2.24, 2.45) is 17.8 Å². The summed E-state index contributed by atoms with van der Waals surface area (Å²) >= 11 is 0. The minimum atomic E-state index is 0.719. The molecule has 1 unspecified atom stereocenters. The van der Waals surface area contributed by atoms with Crippen molar-refractivity contribution in [2.75, 3.05) is 6.61 Å². The topological polar surface area (TPSA) is 9.23 Å². The number of benzene rings is 2. The Kier molecular flexibility index (Phi) is 7.52. The Labute approximate surface area is 184 Å². The molecule has 0 spiro atoms. The maximum absolute atomic E-state index is 5.57. The molecule has 2 aromatic carbocycles. The van der Waals surface area contributed by atoms with Crippen LogP contribution in [-0.2, 0) is 0 Å². The number of ether oxygens (including phenoxy) is 1. The first-order chi connectivity index (χ1) is 14.8. The Balaban J connectivity index is 1.32. The second-order valence-corrected chi connectivity index (χ2v) is 9.78. The van der Waals surface area contributed by atoms with E-state index >= 15 is 0 Å². The summed E-state index contributed by atoms with van der Waals surface area (Å²) in [5.41, 5.74) is 4.14. The summed E-state index contributed by atoms with van der Waals surface area (Å²) in [5.74, 6) is 4.76. The van der Waals surface area contributed by atoms with Crippen molar-refractivity contribution in [3.63, 3.8) is 0 Å². The molecule has 4 rings (SSSR count). The van der Waals surface area contributed by atoms with Crippen LogP contribution >= 0.6 is 0 Å². The second kappa shape index (κ2) is 10.5. The summed E-state index contributed by atoms with van der Waals surface area (Å²) in [6.45, 7) is 5.07. The zero-order valence-corrected chi connectivity index (χ0v) is 19.1. The molecule has 0 saturated heterocycles. The lowest BCUT2D eigenvalue weighted by molar-refractivity contribution is 0.113. The summed E-state index contributed by atoms with van der Waals surface area (Å²) in [6.07, 6.45) is 14.5. The van der Waals surface area contributed by atoms with Gasteiger partial charge in [-0.1, -0.05) is 75.4 Å². The number of rotatable bonds is 8. The van der Waals surface area contributed by atoms with Crippen LogP contribution in [0.1, 0.15) is 89.5 Å². The van der Waals surface area contributed by atoms with E-state index in [1.165, 1.54) is 75.3 Å². The van der Waals surface area contributed by atoms with Crippen LogP contribution in [0.15, 0.2) is 48.5 Å². The molecule has 0 bridgehead atoms. The lowest BCUT2D eigenvalue weighted by atomic mass is 9.63. The molecule has 2 saturated carbocycles. The lowest BCUT2D eigenvalue weighted by Gasteiger charge is -2.42. The lowest BCUT2D eigenvalue weighted by Crippen LogP contribution is -2.30. The number of unbranched alkanes of at least 4 members (excludes halogenated alkanes) is 2. The van der Waals surface area contributed by atoms with Crippen molar-refractivity contribution in [2.45, 2.75) is 84.0 Å². The number of hydrogen-bond acceptors (Lipinski definition) is 1. The molecule has 162 valence electrons. The molecular weight excluding hydrogens is 364 g/mol. The quantitative estimate of drug-likeness (QED) is 0.400. The van der Waals surface area contributed by atoms with Crippen LogP contribution in [0.3, 0.4) is 0 Å². The van der Waals surface area contributed by atoms with E-state index in [0.717, 1.165) is 36.0 Å². The zero-order valence-electron chi connectivity index (χ0n) is 19.1. The van der Waals surface area contributed by atoms with Crippen LogP contribution in [0.25, 0.3) is 11.1 Å². The Morgan fingerprint density at radius 3 is 2.10 bits per heavy atom. The predicted molar refractivity (Wildman–Crippen MR) is 128 cm³/mol. The largest absolute Gasteiger partial charge is 0.494 e. The standard InChI is InChI=1S/C29H40O/c1-3-5-6-7-22-8-9-28-21-27(15-14-26(28)20-22)25-12-10-23(11-13-25)24-16-18-29(19-17-24)30-4-2/h10-13,16-19,22,26-28H,3-9,14-15,20-21H2,1-2H3/t22?,26-,27-,28-/m1/s1. The van der Waals surface area contributed by atoms with Crippen LogP contribution in [0.2, 0.25) is 0 Å². The fourth-order valence-corrected chi connectivity index (χ4v) is 6.09. The van der Waals surface area contributed by atoms with Gasteiger partial charge in [-0.25, -0.2) is 0 Å². The van der Waals surface area contributed by atoms with E-state index in [9.17, 15) is 0 Å². The van der Waals surface area contributed by atoms with Gasteiger partial charge in [-0.2, -0.15) is 0 Å². The first kappa shape index (κ1) is 21.5. The van der Waals surface area contributed by atoms with Gasteiger partial charge in [0.05, 0.1) is 6.61 Å². The highest BCUT2D eigenvalue weighted by Gasteiger charge is 2.35. The van der Waals surface area contributed by atoms with Gasteiger partial charge in [0.2, 0.25) is 0 Å². The molecule has 4 atom stereocenters. The molecule has 30 heavy (non-hydrogen) atoms. The van der Waals surface area contributed by atoms with Gasteiger partial charge in [-0.15, -0.1) is 0 Å². The molecule has 2 fully saturated rings. The first-order valence-corrected chi connectivity index (χ1v) is 12.6. The molecule has 2 aromatic rings. The SMILES string of the molecule is CCCCCC1CC[C@@H]2C[C@H](c3ccc(-c4ccc(OCC)cc4)cc3)CC[C@@H]2C1. The predicted octanol–water partition coefficient (Wildman–Crippen LogP) is 8.63. The minimum Gasteiger partial charge on any atom is -0.494 e. The average molecular weight is 405 g/mol. The third-order valence-corrected chi connectivity index (χ3v) is 7.82. The number of hydrogen-bond donors (Lipinski definition) is 0. The van der Waals surface area contributed by atoms with Gasteiger partial charge in [0.25, 0.3) is 0 Å². The Bertz CT molecular complexity index is 760. The molecule has 0 heterocycles. The molecule has 1 nitrogen and oxygen atoms in total. The fraction of sp³-hybridized carbons (Fsp3) is 0.586. The van der Waals surface area contributed by atoms with Crippen LogP contribution < -0.4 is 4.74 Å². The van der Waals surface area contributed by atoms with Gasteiger partial charge in [0, 0.05) is 0 Å². The third kappa shape index (κ3) is 5.29. The van der Waals surface area contributed by atoms with Gasteiger partial charge in [0.1, 0.15) is 5.75 Å². The molecule has 0 amide bonds. The average Bonchev–Trinajstić information content (AvgIpc) is 2.80. The van der Waals surface area contributed by atoms with Gasteiger partial charge in [-0.05, 0) is 91.5 Å². The molecule has 0 radical (unpaired) electrons. The zero-order chi connectivity index (χ0) is 20.8. The second-order valence-electron chi connectivity index (χ2n) is 9.78. The van der Waals surface area contributed by atoms with Crippen LogP contribution in [-0.4, -0.2) is 6.61 Å². The van der Waals surface area contributed by atoms with Gasteiger partial charge < -0.3 is 4.74 Å². The van der Waals surface area contributed by atoms with E-state index in [4.69, 9.17) is 4.74 Å². The fourth-order valence-electron chi connectivity index (χ4n) is 6.09. The van der Waals surface area contributed by atoms with E-state index < -0.39 is 0 Å². The molecule has 0 aliphatic heterocycles. The van der Waals surface area contributed by atoms with E-state index in [2.05, 4.69) is 55.5 Å². The van der Waals surface area contributed by atoms with Crippen molar-refractivity contribution in [3.8, 4) is 16.9 Å². The van der Waals surface area contributed by atoms with Crippen molar-refractivity contribution < 1.29 is 4.74 Å². The van der Waals surface area contributed by atoms with Gasteiger partial charge in [-0.3, -0.25) is 0 Å². The highest BCUT2D eigenvalue weighted by molar-refractivity contribution is 5.64. The Morgan fingerprint density at radius 2 is 1.40 bits per heavy atom. The summed E-state index contributed by atoms with van der Waals surface area (Å²) in [7, 11) is 0. The summed E-state index contributed by atoms with van der Waals surface area (Å²) in [5, 5.41) is 0. The van der Waals surface area contributed by atoms with E-state index in [1.807, 2.05) is 6.92 Å². The van der Waals surface area contributed by atoms with Crippen molar-refractivity contribution in [3.05, 3.63) is 54.1 Å². The van der Waals surface area contributed by atoms with Crippen LogP contribution in [0.5, 0.6) is 5.75 Å². The first-order valence-electron chi connectivity index (χ1n) is 12.6. The Hall–Kier alpha value is -1.76. The van der Waals surface area contributed by atoms with E-state index in [1.54, 1.807) is 5.56 Å². The van der Waals surface area contributed by atoms with Crippen molar-refractivity contribution in [1.82, 2.24) is 0 Å². The van der Waals surface area contributed by atoms with Crippen molar-refractivity contribution >= 4 is 0 Å². The van der Waals surface area contributed by atoms with E-state index in [0.29, 0.717) is 0 Å². The highest BCUT2D eigenvalue weighted by Crippen LogP contribution is 2.48. The van der Waals surface area contributed by atoms with Gasteiger partial charge >= 0.3 is 0 Å². The van der Waals surface area contributed by atoms with Crippen LogP contribution in [0, 0.1) is 17.8 Å². The monoisotopic (exact) mass is 404 g/mol. The molecular formula is C29H40O. The highest BCUT2D eigenvalue weighted by atomic mass is 16.5. The summed E-state index contributed by atoms with van der Waals surface area (Å²) in [6, 6.07) is 17.9. The van der Waals surface area contributed by atoms with Crippen molar-refractivity contribution in [1.29, 1.82) is 0 Å². The van der Waals surface area contributed by atoms with Crippen LogP contribution in [0.4, 0.5) is 0 Å². The smallest absolute Gasteiger partial charge is 0.119 e. The molecule has 2 aliphatic carbocycles. The maximum Gasteiger partial charge on any atom is 0.119 e. The van der Waals surface area contributed by atoms with E-state index in [-0.39, 0.29) is 0 Å². The molecule has 1 heteroatoms. The molecule has 2 aliphatic rings. The molecule has 0 aromatic heterocycles. The third-order valence-electron chi connectivity index (χ3n) is 7.82. The number of fused-ring (bicyclic) bond motifs is 1. The maximum atomic E-state index is 5.57. The summed E-state index contributed by atoms with van der Waals surface area (Å²) in [4.78, 5) is 0. The van der Waals surface area contributed by atoms with Gasteiger partial charge in [0.15, 0.2) is 0 Å². The normalized spacial score (nSPS) is 26.2. The minimum absolute atomic E-state index is 0.719.